The SMILES string of the molecule is COCC(C)NC(=O)CN(Cc1cccc(N)c1)C1CC1. The quantitative estimate of drug-likeness (QED) is 0.710. The first kappa shape index (κ1) is 15.8. The molecule has 5 nitrogen and oxygen atoms in total. The molecule has 1 unspecified atom stereocenters. The van der Waals surface area contributed by atoms with Crippen LogP contribution in [0.2, 0.25) is 0 Å². The molecule has 0 spiro atoms. The fourth-order valence-corrected chi connectivity index (χ4v) is 2.48. The van der Waals surface area contributed by atoms with Crippen LogP contribution in [0.1, 0.15) is 25.3 Å². The molecular formula is C16H25N3O2. The van der Waals surface area contributed by atoms with Gasteiger partial charge in [-0.05, 0) is 37.5 Å². The van der Waals surface area contributed by atoms with Crippen molar-refractivity contribution < 1.29 is 9.53 Å². The van der Waals surface area contributed by atoms with E-state index in [9.17, 15) is 4.79 Å². The number of benzene rings is 1. The maximum absolute atomic E-state index is 12.1. The molecule has 3 N–H and O–H groups in total. The molecule has 0 bridgehead atoms. The van der Waals surface area contributed by atoms with Gasteiger partial charge in [-0.2, -0.15) is 0 Å². The Kier molecular flexibility index (Phi) is 5.59. The minimum Gasteiger partial charge on any atom is -0.399 e. The molecule has 0 radical (unpaired) electrons. The van der Waals surface area contributed by atoms with E-state index in [0.29, 0.717) is 19.2 Å². The molecule has 0 aliphatic heterocycles. The zero-order chi connectivity index (χ0) is 15.2. The highest BCUT2D eigenvalue weighted by atomic mass is 16.5. The standard InChI is InChI=1S/C16H25N3O2/c1-12(11-21-2)18-16(20)10-19(15-6-7-15)9-13-4-3-5-14(17)8-13/h3-5,8,12,15H,6-7,9-11,17H2,1-2H3,(H,18,20). The van der Waals surface area contributed by atoms with Gasteiger partial charge in [0.15, 0.2) is 0 Å². The number of rotatable bonds is 8. The Morgan fingerprint density at radius 1 is 1.52 bits per heavy atom. The molecule has 1 aromatic carbocycles. The van der Waals surface area contributed by atoms with Gasteiger partial charge in [0.1, 0.15) is 0 Å². The molecule has 1 aromatic rings. The van der Waals surface area contributed by atoms with Crippen LogP contribution in [-0.4, -0.2) is 43.2 Å². The van der Waals surface area contributed by atoms with E-state index >= 15 is 0 Å². The topological polar surface area (TPSA) is 67.6 Å². The van der Waals surface area contributed by atoms with Gasteiger partial charge in [0.2, 0.25) is 5.91 Å². The number of nitrogens with one attached hydrogen (secondary N) is 1. The molecule has 1 aliphatic carbocycles. The van der Waals surface area contributed by atoms with Gasteiger partial charge in [-0.1, -0.05) is 12.1 Å². The van der Waals surface area contributed by atoms with E-state index in [-0.39, 0.29) is 11.9 Å². The lowest BCUT2D eigenvalue weighted by Crippen LogP contribution is -2.43. The Bertz CT molecular complexity index is 474. The zero-order valence-corrected chi connectivity index (χ0v) is 12.8. The summed E-state index contributed by atoms with van der Waals surface area (Å²) in [4.78, 5) is 14.3. The predicted octanol–water partition coefficient (Wildman–Crippen LogP) is 1.38. The van der Waals surface area contributed by atoms with Crippen LogP contribution in [0.25, 0.3) is 0 Å². The summed E-state index contributed by atoms with van der Waals surface area (Å²) < 4.78 is 5.04. The van der Waals surface area contributed by atoms with E-state index in [0.717, 1.165) is 17.8 Å². The third-order valence-electron chi connectivity index (χ3n) is 3.57. The number of amides is 1. The van der Waals surface area contributed by atoms with Gasteiger partial charge >= 0.3 is 0 Å². The minimum atomic E-state index is 0.0379. The number of nitrogens with two attached hydrogens (primary N) is 1. The maximum Gasteiger partial charge on any atom is 0.234 e. The Hall–Kier alpha value is -1.59. The molecule has 1 fully saturated rings. The average molecular weight is 291 g/mol. The largest absolute Gasteiger partial charge is 0.399 e. The van der Waals surface area contributed by atoms with Crippen LogP contribution >= 0.6 is 0 Å². The second-order valence-electron chi connectivity index (χ2n) is 5.81. The summed E-state index contributed by atoms with van der Waals surface area (Å²) in [6.07, 6.45) is 2.34. The summed E-state index contributed by atoms with van der Waals surface area (Å²) in [5, 5.41) is 2.96. The van der Waals surface area contributed by atoms with Gasteiger partial charge in [-0.15, -0.1) is 0 Å². The molecule has 1 aliphatic rings. The second-order valence-corrected chi connectivity index (χ2v) is 5.81. The number of methoxy groups -OCH3 is 1. The van der Waals surface area contributed by atoms with Crippen molar-refractivity contribution in [1.29, 1.82) is 0 Å². The lowest BCUT2D eigenvalue weighted by molar-refractivity contribution is -0.123. The zero-order valence-electron chi connectivity index (χ0n) is 12.8. The average Bonchev–Trinajstić information content (AvgIpc) is 3.22. The van der Waals surface area contributed by atoms with Gasteiger partial charge in [0, 0.05) is 31.4 Å². The summed E-state index contributed by atoms with van der Waals surface area (Å²) >= 11 is 0. The molecule has 0 saturated heterocycles. The van der Waals surface area contributed by atoms with E-state index in [1.165, 1.54) is 12.8 Å². The Labute approximate surface area is 126 Å². The van der Waals surface area contributed by atoms with Gasteiger partial charge in [0.05, 0.1) is 13.2 Å². The van der Waals surface area contributed by atoms with Crippen molar-refractivity contribution in [2.75, 3.05) is 26.0 Å². The highest BCUT2D eigenvalue weighted by Gasteiger charge is 2.30. The Balaban J connectivity index is 1.89. The smallest absolute Gasteiger partial charge is 0.234 e. The monoisotopic (exact) mass is 291 g/mol. The van der Waals surface area contributed by atoms with Crippen molar-refractivity contribution in [2.24, 2.45) is 0 Å². The van der Waals surface area contributed by atoms with Crippen LogP contribution in [0, 0.1) is 0 Å². The van der Waals surface area contributed by atoms with Crippen molar-refractivity contribution in [2.45, 2.75) is 38.4 Å². The van der Waals surface area contributed by atoms with Gasteiger partial charge in [-0.25, -0.2) is 0 Å². The number of hydrogen-bond acceptors (Lipinski definition) is 4. The summed E-state index contributed by atoms with van der Waals surface area (Å²) in [6, 6.07) is 8.42. The number of nitrogen functional groups attached to an aromatic ring is 1. The highest BCUT2D eigenvalue weighted by molar-refractivity contribution is 5.78. The number of ether oxygens (including phenoxy) is 1. The van der Waals surface area contributed by atoms with Crippen LogP contribution in [0.3, 0.4) is 0 Å². The van der Waals surface area contributed by atoms with E-state index in [4.69, 9.17) is 10.5 Å². The van der Waals surface area contributed by atoms with E-state index < -0.39 is 0 Å². The molecule has 1 amide bonds. The van der Waals surface area contributed by atoms with Gasteiger partial charge in [-0.3, -0.25) is 9.69 Å². The van der Waals surface area contributed by atoms with Crippen LogP contribution in [0.5, 0.6) is 0 Å². The number of carbonyl (C=O) groups is 1. The second kappa shape index (κ2) is 7.43. The summed E-state index contributed by atoms with van der Waals surface area (Å²) in [6.45, 7) is 3.67. The molecule has 21 heavy (non-hydrogen) atoms. The Morgan fingerprint density at radius 3 is 2.90 bits per heavy atom. The predicted molar refractivity (Wildman–Crippen MR) is 83.8 cm³/mol. The van der Waals surface area contributed by atoms with Crippen molar-refractivity contribution in [3.05, 3.63) is 29.8 Å². The summed E-state index contributed by atoms with van der Waals surface area (Å²) in [7, 11) is 1.64. The number of anilines is 1. The molecule has 1 saturated carbocycles. The molecule has 0 heterocycles. The first-order valence-electron chi connectivity index (χ1n) is 7.45. The molecule has 0 aromatic heterocycles. The fraction of sp³-hybridized carbons (Fsp3) is 0.562. The van der Waals surface area contributed by atoms with E-state index in [1.807, 2.05) is 25.1 Å². The molecule has 116 valence electrons. The first-order chi connectivity index (χ1) is 10.1. The van der Waals surface area contributed by atoms with Crippen molar-refractivity contribution >= 4 is 11.6 Å². The highest BCUT2D eigenvalue weighted by Crippen LogP contribution is 2.28. The van der Waals surface area contributed by atoms with Crippen LogP contribution < -0.4 is 11.1 Å². The first-order valence-corrected chi connectivity index (χ1v) is 7.45. The third-order valence-corrected chi connectivity index (χ3v) is 3.57. The lowest BCUT2D eigenvalue weighted by Gasteiger charge is -2.23. The van der Waals surface area contributed by atoms with Gasteiger partial charge < -0.3 is 15.8 Å². The van der Waals surface area contributed by atoms with E-state index in [2.05, 4.69) is 16.3 Å². The summed E-state index contributed by atoms with van der Waals surface area (Å²) in [5.41, 5.74) is 7.73. The van der Waals surface area contributed by atoms with Crippen LogP contribution in [0.4, 0.5) is 5.69 Å². The summed E-state index contributed by atoms with van der Waals surface area (Å²) in [5.74, 6) is 0.0513. The normalized spacial score (nSPS) is 16.0. The molecule has 2 rings (SSSR count). The number of nitrogens with zero attached hydrogens (tertiary/aromatic N) is 1. The minimum absolute atomic E-state index is 0.0379. The van der Waals surface area contributed by atoms with Crippen molar-refractivity contribution in [3.63, 3.8) is 0 Å². The van der Waals surface area contributed by atoms with Crippen LogP contribution in [-0.2, 0) is 16.1 Å². The third kappa shape index (κ3) is 5.36. The molecule has 5 heteroatoms. The molecular weight excluding hydrogens is 266 g/mol. The Morgan fingerprint density at radius 2 is 2.29 bits per heavy atom. The molecule has 1 atom stereocenters. The van der Waals surface area contributed by atoms with Crippen LogP contribution in [0.15, 0.2) is 24.3 Å². The van der Waals surface area contributed by atoms with Gasteiger partial charge in [0.25, 0.3) is 0 Å². The maximum atomic E-state index is 12.1. The van der Waals surface area contributed by atoms with Crippen molar-refractivity contribution in [3.8, 4) is 0 Å². The lowest BCUT2D eigenvalue weighted by atomic mass is 10.2. The van der Waals surface area contributed by atoms with E-state index in [1.54, 1.807) is 7.11 Å². The number of carbonyl (C=O) groups excluding carboxylic acids is 1. The fourth-order valence-electron chi connectivity index (χ4n) is 2.48. The van der Waals surface area contributed by atoms with Crippen molar-refractivity contribution in [1.82, 2.24) is 10.2 Å². The number of hydrogen-bond donors (Lipinski definition) is 2.